The summed E-state index contributed by atoms with van der Waals surface area (Å²) in [6.45, 7) is 0.190. The molecular weight excluding hydrogens is 228 g/mol. The van der Waals surface area contributed by atoms with E-state index in [4.69, 9.17) is 10.5 Å². The minimum atomic E-state index is -0.675. The Labute approximate surface area is 96.1 Å². The van der Waals surface area contributed by atoms with Gasteiger partial charge < -0.3 is 10.5 Å². The Morgan fingerprint density at radius 1 is 1.24 bits per heavy atom. The highest BCUT2D eigenvalue weighted by molar-refractivity contribution is 5.28. The summed E-state index contributed by atoms with van der Waals surface area (Å²) in [5.41, 5.74) is 5.87. The molecule has 4 nitrogen and oxygen atoms in total. The zero-order valence-electron chi connectivity index (χ0n) is 8.73. The van der Waals surface area contributed by atoms with E-state index in [0.717, 1.165) is 18.2 Å². The summed E-state index contributed by atoms with van der Waals surface area (Å²) in [6.07, 6.45) is 2.76. The minimum Gasteiger partial charge on any atom is -0.434 e. The van der Waals surface area contributed by atoms with Crippen LogP contribution < -0.4 is 10.5 Å². The number of nitrogens with zero attached hydrogens (tertiary/aromatic N) is 2. The lowest BCUT2D eigenvalue weighted by atomic mass is 10.3. The van der Waals surface area contributed by atoms with Crippen LogP contribution in [-0.2, 0) is 6.54 Å². The van der Waals surface area contributed by atoms with Gasteiger partial charge in [-0.1, -0.05) is 0 Å². The minimum absolute atomic E-state index is 0.0671. The van der Waals surface area contributed by atoms with Crippen LogP contribution in [0.5, 0.6) is 11.6 Å². The standard InChI is InChI=1S/C11H9F2N3O/c12-7-1-2-9(13)10(3-7)17-11-6-15-5-8(4-14)16-11/h1-3,5-6H,4,14H2. The number of hydrogen-bond donors (Lipinski definition) is 1. The number of benzene rings is 1. The van der Waals surface area contributed by atoms with Crippen molar-refractivity contribution in [2.45, 2.75) is 6.54 Å². The predicted octanol–water partition coefficient (Wildman–Crippen LogP) is 2.01. The fraction of sp³-hybridized carbons (Fsp3) is 0.0909. The molecule has 0 radical (unpaired) electrons. The van der Waals surface area contributed by atoms with Crippen LogP contribution in [0.4, 0.5) is 8.78 Å². The second-order valence-electron chi connectivity index (χ2n) is 3.23. The van der Waals surface area contributed by atoms with Gasteiger partial charge in [-0.05, 0) is 12.1 Å². The normalized spacial score (nSPS) is 10.3. The summed E-state index contributed by atoms with van der Waals surface area (Å²) >= 11 is 0. The van der Waals surface area contributed by atoms with E-state index in [-0.39, 0.29) is 18.2 Å². The number of ether oxygens (including phenoxy) is 1. The molecule has 88 valence electrons. The Balaban J connectivity index is 2.27. The molecule has 1 aromatic heterocycles. The van der Waals surface area contributed by atoms with Gasteiger partial charge in [-0.3, -0.25) is 4.98 Å². The average Bonchev–Trinajstić information content (AvgIpc) is 2.34. The topological polar surface area (TPSA) is 61.0 Å². The first-order chi connectivity index (χ1) is 8.19. The maximum Gasteiger partial charge on any atom is 0.238 e. The molecule has 2 aromatic rings. The predicted molar refractivity (Wildman–Crippen MR) is 56.4 cm³/mol. The van der Waals surface area contributed by atoms with Gasteiger partial charge in [0.15, 0.2) is 11.6 Å². The molecule has 1 heterocycles. The molecule has 17 heavy (non-hydrogen) atoms. The van der Waals surface area contributed by atoms with Gasteiger partial charge in [0.1, 0.15) is 5.82 Å². The molecular formula is C11H9F2N3O. The van der Waals surface area contributed by atoms with E-state index < -0.39 is 11.6 Å². The summed E-state index contributed by atoms with van der Waals surface area (Å²) in [4.78, 5) is 7.78. The molecule has 0 aliphatic heterocycles. The van der Waals surface area contributed by atoms with E-state index in [1.165, 1.54) is 12.4 Å². The van der Waals surface area contributed by atoms with Crippen LogP contribution in [0.15, 0.2) is 30.6 Å². The van der Waals surface area contributed by atoms with Gasteiger partial charge in [0, 0.05) is 18.8 Å². The van der Waals surface area contributed by atoms with Crippen LogP contribution in [0.1, 0.15) is 5.69 Å². The number of aromatic nitrogens is 2. The monoisotopic (exact) mass is 237 g/mol. The maximum atomic E-state index is 13.3. The Bertz CT molecular complexity index is 534. The van der Waals surface area contributed by atoms with Gasteiger partial charge in [-0.25, -0.2) is 13.8 Å². The molecule has 1 aromatic carbocycles. The molecule has 2 N–H and O–H groups in total. The van der Waals surface area contributed by atoms with E-state index in [1.807, 2.05) is 0 Å². The van der Waals surface area contributed by atoms with Crippen molar-refractivity contribution < 1.29 is 13.5 Å². The Hall–Kier alpha value is -2.08. The SMILES string of the molecule is NCc1cncc(Oc2cc(F)ccc2F)n1. The molecule has 0 atom stereocenters. The maximum absolute atomic E-state index is 13.3. The summed E-state index contributed by atoms with van der Waals surface area (Å²) in [5.74, 6) is -1.44. The molecule has 0 saturated carbocycles. The second-order valence-corrected chi connectivity index (χ2v) is 3.23. The Morgan fingerprint density at radius 3 is 2.82 bits per heavy atom. The largest absolute Gasteiger partial charge is 0.434 e. The highest BCUT2D eigenvalue weighted by atomic mass is 19.1. The molecule has 6 heteroatoms. The smallest absolute Gasteiger partial charge is 0.238 e. The van der Waals surface area contributed by atoms with Gasteiger partial charge in [0.25, 0.3) is 0 Å². The quantitative estimate of drug-likeness (QED) is 0.886. The van der Waals surface area contributed by atoms with Crippen LogP contribution in [-0.4, -0.2) is 9.97 Å². The lowest BCUT2D eigenvalue weighted by Gasteiger charge is -2.06. The van der Waals surface area contributed by atoms with Crippen LogP contribution in [0.25, 0.3) is 0 Å². The first kappa shape index (κ1) is 11.4. The summed E-state index contributed by atoms with van der Waals surface area (Å²) in [7, 11) is 0. The van der Waals surface area contributed by atoms with Crippen molar-refractivity contribution in [3.63, 3.8) is 0 Å². The van der Waals surface area contributed by atoms with Crippen molar-refractivity contribution in [3.05, 3.63) is 47.9 Å². The number of halogens is 2. The first-order valence-corrected chi connectivity index (χ1v) is 4.83. The van der Waals surface area contributed by atoms with Crippen LogP contribution >= 0.6 is 0 Å². The third-order valence-corrected chi connectivity index (χ3v) is 1.98. The van der Waals surface area contributed by atoms with Gasteiger partial charge in [0.05, 0.1) is 11.9 Å². The lowest BCUT2D eigenvalue weighted by Crippen LogP contribution is -2.01. The highest BCUT2D eigenvalue weighted by Gasteiger charge is 2.07. The van der Waals surface area contributed by atoms with Gasteiger partial charge in [-0.2, -0.15) is 0 Å². The Kier molecular flexibility index (Phi) is 3.24. The third-order valence-electron chi connectivity index (χ3n) is 1.98. The highest BCUT2D eigenvalue weighted by Crippen LogP contribution is 2.23. The third kappa shape index (κ3) is 2.73. The van der Waals surface area contributed by atoms with Crippen molar-refractivity contribution in [3.8, 4) is 11.6 Å². The summed E-state index contributed by atoms with van der Waals surface area (Å²) < 4.78 is 31.3. The molecule has 0 amide bonds. The molecule has 0 bridgehead atoms. The van der Waals surface area contributed by atoms with E-state index in [0.29, 0.717) is 5.69 Å². The second kappa shape index (κ2) is 4.84. The van der Waals surface area contributed by atoms with Crippen molar-refractivity contribution in [1.82, 2.24) is 9.97 Å². The van der Waals surface area contributed by atoms with Crippen molar-refractivity contribution in [1.29, 1.82) is 0 Å². The molecule has 0 unspecified atom stereocenters. The van der Waals surface area contributed by atoms with Crippen LogP contribution in [0.3, 0.4) is 0 Å². The molecule has 0 saturated heterocycles. The van der Waals surface area contributed by atoms with Crippen molar-refractivity contribution in [2.75, 3.05) is 0 Å². The number of nitrogens with two attached hydrogens (primary N) is 1. The van der Waals surface area contributed by atoms with Crippen LogP contribution in [0, 0.1) is 11.6 Å². The fourth-order valence-electron chi connectivity index (χ4n) is 1.20. The van der Waals surface area contributed by atoms with E-state index >= 15 is 0 Å². The van der Waals surface area contributed by atoms with Gasteiger partial charge >= 0.3 is 0 Å². The average molecular weight is 237 g/mol. The summed E-state index contributed by atoms with van der Waals surface area (Å²) in [6, 6.07) is 2.92. The van der Waals surface area contributed by atoms with Gasteiger partial charge in [0.2, 0.25) is 5.88 Å². The fourth-order valence-corrected chi connectivity index (χ4v) is 1.20. The van der Waals surface area contributed by atoms with Gasteiger partial charge in [-0.15, -0.1) is 0 Å². The molecule has 2 rings (SSSR count). The van der Waals surface area contributed by atoms with Crippen molar-refractivity contribution >= 4 is 0 Å². The molecule has 0 aliphatic rings. The zero-order valence-corrected chi connectivity index (χ0v) is 8.73. The molecule has 0 aliphatic carbocycles. The van der Waals surface area contributed by atoms with Crippen molar-refractivity contribution in [2.24, 2.45) is 5.73 Å². The Morgan fingerprint density at radius 2 is 2.06 bits per heavy atom. The van der Waals surface area contributed by atoms with E-state index in [2.05, 4.69) is 9.97 Å². The van der Waals surface area contributed by atoms with Crippen LogP contribution in [0.2, 0.25) is 0 Å². The summed E-state index contributed by atoms with van der Waals surface area (Å²) in [5, 5.41) is 0. The zero-order chi connectivity index (χ0) is 12.3. The van der Waals surface area contributed by atoms with E-state index in [9.17, 15) is 8.78 Å². The molecule has 0 fully saturated rings. The first-order valence-electron chi connectivity index (χ1n) is 4.83. The lowest BCUT2D eigenvalue weighted by molar-refractivity contribution is 0.419. The molecule has 0 spiro atoms. The van der Waals surface area contributed by atoms with E-state index in [1.54, 1.807) is 0 Å². The number of hydrogen-bond acceptors (Lipinski definition) is 4. The number of rotatable bonds is 3.